The monoisotopic (exact) mass is 423 g/mol. The van der Waals surface area contributed by atoms with Gasteiger partial charge in [0.2, 0.25) is 0 Å². The number of hydrogen-bond donors (Lipinski definition) is 5. The lowest BCUT2D eigenvalue weighted by atomic mass is 9.54. The summed E-state index contributed by atoms with van der Waals surface area (Å²) in [5.41, 5.74) is 7.08. The van der Waals surface area contributed by atoms with Crippen LogP contribution in [0.4, 0.5) is 0 Å². The van der Waals surface area contributed by atoms with Crippen LogP contribution >= 0.6 is 12.2 Å². The Labute approximate surface area is 179 Å². The second kappa shape index (κ2) is 7.14. The third-order valence-electron chi connectivity index (χ3n) is 9.72. The molecule has 4 aliphatic carbocycles. The van der Waals surface area contributed by atoms with Gasteiger partial charge in [0.25, 0.3) is 0 Å². The number of nitrogens with zero attached hydrogens (tertiary/aromatic N) is 1. The van der Waals surface area contributed by atoms with Crippen LogP contribution in [0.5, 0.6) is 0 Å². The molecule has 4 fully saturated rings. The fourth-order valence-corrected chi connectivity index (χ4v) is 8.45. The first-order valence-corrected chi connectivity index (χ1v) is 11.6. The van der Waals surface area contributed by atoms with Crippen molar-refractivity contribution >= 4 is 23.5 Å². The Morgan fingerprint density at radius 1 is 1.21 bits per heavy atom. The summed E-state index contributed by atoms with van der Waals surface area (Å²) in [5.74, 6) is 1.26. The van der Waals surface area contributed by atoms with Crippen LogP contribution in [0.1, 0.15) is 65.7 Å². The first kappa shape index (κ1) is 21.5. The van der Waals surface area contributed by atoms with Gasteiger partial charge < -0.3 is 21.1 Å². The van der Waals surface area contributed by atoms with Crippen LogP contribution in [0.2, 0.25) is 0 Å². The Morgan fingerprint density at radius 3 is 2.59 bits per heavy atom. The van der Waals surface area contributed by atoms with Gasteiger partial charge >= 0.3 is 0 Å². The van der Waals surface area contributed by atoms with E-state index in [-0.39, 0.29) is 33.9 Å². The zero-order valence-corrected chi connectivity index (χ0v) is 18.7. The van der Waals surface area contributed by atoms with Crippen LogP contribution < -0.4 is 11.2 Å². The van der Waals surface area contributed by atoms with Gasteiger partial charge in [-0.3, -0.25) is 5.43 Å². The Balaban J connectivity index is 1.76. The van der Waals surface area contributed by atoms with E-state index in [0.717, 1.165) is 38.5 Å². The lowest BCUT2D eigenvalue weighted by Gasteiger charge is -2.52. The molecule has 29 heavy (non-hydrogen) atoms. The van der Waals surface area contributed by atoms with E-state index in [1.807, 2.05) is 13.1 Å². The van der Waals surface area contributed by atoms with Crippen molar-refractivity contribution in [1.82, 2.24) is 5.43 Å². The maximum absolute atomic E-state index is 12.1. The molecule has 0 aromatic rings. The molecule has 0 bridgehead atoms. The van der Waals surface area contributed by atoms with Crippen LogP contribution in [0, 0.1) is 40.4 Å². The van der Waals surface area contributed by atoms with Crippen molar-refractivity contribution < 1.29 is 15.3 Å². The Hall–Kier alpha value is -0.760. The molecule has 0 heterocycles. The van der Waals surface area contributed by atoms with E-state index < -0.39 is 11.7 Å². The standard InChI is InChI=1S/C22H37N3O3S/c1-12(26)14-4-5-15-18-16(7-8-20(14,15)2)21(3)9-6-13(27)10-22(21,28)17(18)11-24-25-19(23)29/h11-18,26-28H,4-10H2,1-3H3,(H3,23,25,29)/b24-11+/t12?,13-,14+,15-,16-,17+,18-,20+,21+,22+/m0/s1. The van der Waals surface area contributed by atoms with Crippen molar-refractivity contribution in [3.8, 4) is 0 Å². The van der Waals surface area contributed by atoms with Gasteiger partial charge in [-0.25, -0.2) is 0 Å². The summed E-state index contributed by atoms with van der Waals surface area (Å²) in [6, 6.07) is 0. The molecule has 164 valence electrons. The van der Waals surface area contributed by atoms with Crippen LogP contribution in [-0.4, -0.2) is 44.5 Å². The van der Waals surface area contributed by atoms with E-state index in [0.29, 0.717) is 24.2 Å². The SMILES string of the molecule is CC(O)[C@H]1CC[C@H]2[C@@H]3[C@@H](/C=N/NC(N)=S)[C@]4(O)C[C@@H](O)CC[C@]4(C)[C@H]3CC[C@]12C. The molecule has 4 rings (SSSR count). The molecule has 1 unspecified atom stereocenters. The summed E-state index contributed by atoms with van der Waals surface area (Å²) in [4.78, 5) is 0. The van der Waals surface area contributed by atoms with Gasteiger partial charge in [-0.05, 0) is 86.8 Å². The van der Waals surface area contributed by atoms with Crippen molar-refractivity contribution in [2.45, 2.75) is 83.5 Å². The molecule has 0 aliphatic heterocycles. The average Bonchev–Trinajstić information content (AvgIpc) is 3.06. The maximum atomic E-state index is 12.1. The number of fused-ring (bicyclic) bond motifs is 5. The Bertz CT molecular complexity index is 703. The van der Waals surface area contributed by atoms with Gasteiger partial charge in [0.1, 0.15) is 0 Å². The molecule has 0 radical (unpaired) electrons. The number of aliphatic hydroxyl groups is 3. The van der Waals surface area contributed by atoms with Gasteiger partial charge in [0, 0.05) is 24.0 Å². The molecule has 0 amide bonds. The van der Waals surface area contributed by atoms with Crippen molar-refractivity contribution in [3.05, 3.63) is 0 Å². The summed E-state index contributed by atoms with van der Waals surface area (Å²) >= 11 is 4.89. The van der Waals surface area contributed by atoms with Gasteiger partial charge in [0.05, 0.1) is 17.8 Å². The molecule has 6 N–H and O–H groups in total. The third kappa shape index (κ3) is 2.99. The van der Waals surface area contributed by atoms with E-state index in [2.05, 4.69) is 24.4 Å². The largest absolute Gasteiger partial charge is 0.393 e. The number of nitrogens with one attached hydrogen (secondary N) is 1. The fraction of sp³-hybridized carbons (Fsp3) is 0.909. The highest BCUT2D eigenvalue weighted by atomic mass is 32.1. The summed E-state index contributed by atoms with van der Waals surface area (Å²) < 4.78 is 0. The van der Waals surface area contributed by atoms with Crippen LogP contribution in [0.3, 0.4) is 0 Å². The molecule has 0 aromatic carbocycles. The quantitative estimate of drug-likeness (QED) is 0.270. The molecular weight excluding hydrogens is 386 g/mol. The topological polar surface area (TPSA) is 111 Å². The lowest BCUT2D eigenvalue weighted by molar-refractivity contribution is -0.142. The molecule has 0 spiro atoms. The van der Waals surface area contributed by atoms with Crippen molar-refractivity contribution in [3.63, 3.8) is 0 Å². The van der Waals surface area contributed by atoms with E-state index in [1.54, 1.807) is 0 Å². The molecule has 4 aliphatic rings. The fourth-order valence-electron chi connectivity index (χ4n) is 8.39. The van der Waals surface area contributed by atoms with Crippen molar-refractivity contribution in [2.24, 2.45) is 51.3 Å². The minimum Gasteiger partial charge on any atom is -0.393 e. The molecule has 10 atom stereocenters. The molecule has 4 saturated carbocycles. The molecule has 7 heteroatoms. The van der Waals surface area contributed by atoms with Crippen molar-refractivity contribution in [2.75, 3.05) is 0 Å². The lowest BCUT2D eigenvalue weighted by Crippen LogP contribution is -2.54. The maximum Gasteiger partial charge on any atom is 0.184 e. The minimum absolute atomic E-state index is 0.0802. The third-order valence-corrected chi connectivity index (χ3v) is 9.81. The summed E-state index contributed by atoms with van der Waals surface area (Å²) in [6.45, 7) is 6.51. The predicted molar refractivity (Wildman–Crippen MR) is 117 cm³/mol. The molecule has 0 saturated heterocycles. The number of rotatable bonds is 3. The molecule has 0 aromatic heterocycles. The van der Waals surface area contributed by atoms with Gasteiger partial charge in [0.15, 0.2) is 5.11 Å². The average molecular weight is 424 g/mol. The molecule has 6 nitrogen and oxygen atoms in total. The minimum atomic E-state index is -0.991. The predicted octanol–water partition coefficient (Wildman–Crippen LogP) is 2.16. The zero-order chi connectivity index (χ0) is 21.2. The number of thiocarbonyl (C=S) groups is 1. The number of hydrazone groups is 1. The van der Waals surface area contributed by atoms with Crippen molar-refractivity contribution in [1.29, 1.82) is 0 Å². The van der Waals surface area contributed by atoms with Gasteiger partial charge in [-0.1, -0.05) is 13.8 Å². The highest BCUT2D eigenvalue weighted by Crippen LogP contribution is 2.72. The van der Waals surface area contributed by atoms with E-state index in [4.69, 9.17) is 18.0 Å². The van der Waals surface area contributed by atoms with Crippen LogP contribution in [0.15, 0.2) is 5.10 Å². The second-order valence-electron chi connectivity index (χ2n) is 10.8. The normalized spacial score (nSPS) is 52.6. The highest BCUT2D eigenvalue weighted by molar-refractivity contribution is 7.80. The highest BCUT2D eigenvalue weighted by Gasteiger charge is 2.71. The van der Waals surface area contributed by atoms with Crippen LogP contribution in [0.25, 0.3) is 0 Å². The number of hydrogen-bond acceptors (Lipinski definition) is 5. The van der Waals surface area contributed by atoms with Gasteiger partial charge in [-0.2, -0.15) is 5.10 Å². The van der Waals surface area contributed by atoms with Gasteiger partial charge in [-0.15, -0.1) is 0 Å². The Morgan fingerprint density at radius 2 is 1.93 bits per heavy atom. The van der Waals surface area contributed by atoms with E-state index in [1.165, 1.54) is 0 Å². The summed E-state index contributed by atoms with van der Waals surface area (Å²) in [5, 5.41) is 37.4. The van der Waals surface area contributed by atoms with E-state index >= 15 is 0 Å². The van der Waals surface area contributed by atoms with E-state index in [9.17, 15) is 15.3 Å². The first-order chi connectivity index (χ1) is 13.5. The molecular formula is C22H37N3O3S. The first-order valence-electron chi connectivity index (χ1n) is 11.2. The second-order valence-corrected chi connectivity index (χ2v) is 11.2. The zero-order valence-electron chi connectivity index (χ0n) is 17.8. The van der Waals surface area contributed by atoms with Crippen LogP contribution in [-0.2, 0) is 0 Å². The summed E-state index contributed by atoms with van der Waals surface area (Å²) in [7, 11) is 0. The summed E-state index contributed by atoms with van der Waals surface area (Å²) in [6.07, 6.45) is 7.27. The Kier molecular flexibility index (Phi) is 5.29. The number of nitrogens with two attached hydrogens (primary N) is 1. The smallest absolute Gasteiger partial charge is 0.184 e. The number of aliphatic hydroxyl groups excluding tert-OH is 2.